The molecule has 2 saturated heterocycles. The molecule has 5 rings (SSSR count). The van der Waals surface area contributed by atoms with Crippen LogP contribution in [-0.2, 0) is 14.4 Å². The summed E-state index contributed by atoms with van der Waals surface area (Å²) in [7, 11) is 0. The highest BCUT2D eigenvalue weighted by molar-refractivity contribution is 6.12. The van der Waals surface area contributed by atoms with E-state index < -0.39 is 40.7 Å². The van der Waals surface area contributed by atoms with Crippen molar-refractivity contribution in [2.45, 2.75) is 12.1 Å². The lowest BCUT2D eigenvalue weighted by atomic mass is 9.88. The Bertz CT molecular complexity index is 1130. The quantitative estimate of drug-likeness (QED) is 0.456. The molecule has 2 aromatic rings. The molecule has 2 fully saturated rings. The molecule has 150 valence electrons. The first-order valence-corrected chi connectivity index (χ1v) is 9.41. The first-order valence-electron chi connectivity index (χ1n) is 9.41. The van der Waals surface area contributed by atoms with Gasteiger partial charge in [-0.1, -0.05) is 30.4 Å². The maximum Gasteiger partial charge on any atom is 0.269 e. The third-order valence-electron chi connectivity index (χ3n) is 5.87. The lowest BCUT2D eigenvalue weighted by Crippen LogP contribution is -2.49. The number of carbonyl (C=O) groups excluding carboxylic acids is 3. The Balaban J connectivity index is 1.52. The molecule has 0 aliphatic carbocycles. The van der Waals surface area contributed by atoms with E-state index in [0.29, 0.717) is 5.69 Å². The number of carbonyl (C=O) groups is 3. The third kappa shape index (κ3) is 2.59. The van der Waals surface area contributed by atoms with Crippen LogP contribution in [0.5, 0.6) is 0 Å². The normalized spacial score (nSPS) is 25.9. The average molecular weight is 404 g/mol. The Morgan fingerprint density at radius 3 is 2.47 bits per heavy atom. The second kappa shape index (κ2) is 6.51. The highest BCUT2D eigenvalue weighted by Crippen LogP contribution is 2.46. The Kier molecular flexibility index (Phi) is 3.92. The van der Waals surface area contributed by atoms with Crippen molar-refractivity contribution in [1.29, 1.82) is 0 Å². The Labute approximate surface area is 170 Å². The molecule has 0 bridgehead atoms. The van der Waals surface area contributed by atoms with Crippen molar-refractivity contribution >= 4 is 40.9 Å². The summed E-state index contributed by atoms with van der Waals surface area (Å²) >= 11 is 0. The summed E-state index contributed by atoms with van der Waals surface area (Å²) in [6.07, 6.45) is 3.76. The van der Waals surface area contributed by atoms with E-state index in [2.05, 4.69) is 10.6 Å². The Morgan fingerprint density at radius 1 is 1.03 bits per heavy atom. The number of hydrogen-bond donors (Lipinski definition) is 2. The van der Waals surface area contributed by atoms with Gasteiger partial charge in [-0.3, -0.25) is 29.8 Å². The van der Waals surface area contributed by atoms with E-state index >= 15 is 0 Å². The number of fused-ring (bicyclic) bond motifs is 5. The summed E-state index contributed by atoms with van der Waals surface area (Å²) in [5.74, 6) is -2.77. The van der Waals surface area contributed by atoms with Gasteiger partial charge in [-0.25, -0.2) is 0 Å². The summed E-state index contributed by atoms with van der Waals surface area (Å²) in [6, 6.07) is 11.6. The second-order valence-electron chi connectivity index (χ2n) is 7.46. The molecule has 2 aromatic carbocycles. The number of benzene rings is 2. The van der Waals surface area contributed by atoms with Crippen LogP contribution in [0.3, 0.4) is 0 Å². The lowest BCUT2D eigenvalue weighted by Gasteiger charge is -2.35. The number of nitrogens with one attached hydrogen (secondary N) is 2. The smallest absolute Gasteiger partial charge is 0.269 e. The van der Waals surface area contributed by atoms with Gasteiger partial charge in [0, 0.05) is 23.5 Å². The van der Waals surface area contributed by atoms with Gasteiger partial charge >= 0.3 is 0 Å². The topological polar surface area (TPSA) is 122 Å². The maximum atomic E-state index is 13.3. The number of nitro groups is 1. The molecule has 4 atom stereocenters. The average Bonchev–Trinajstić information content (AvgIpc) is 3.24. The van der Waals surface area contributed by atoms with Crippen molar-refractivity contribution in [2.24, 2.45) is 11.8 Å². The molecule has 9 heteroatoms. The number of imide groups is 1. The zero-order chi connectivity index (χ0) is 21.0. The number of rotatable bonds is 3. The molecule has 0 spiro atoms. The van der Waals surface area contributed by atoms with E-state index in [1.54, 1.807) is 0 Å². The number of nitrogens with zero attached hydrogens (tertiary/aromatic N) is 2. The molecule has 0 aromatic heterocycles. The molecular weight excluding hydrogens is 388 g/mol. The molecule has 2 N–H and O–H groups in total. The van der Waals surface area contributed by atoms with E-state index in [-0.39, 0.29) is 11.6 Å². The molecule has 3 amide bonds. The number of nitro benzene ring substituents is 1. The zero-order valence-electron chi connectivity index (χ0n) is 15.5. The van der Waals surface area contributed by atoms with Crippen molar-refractivity contribution < 1.29 is 19.3 Å². The van der Waals surface area contributed by atoms with Gasteiger partial charge in [0.05, 0.1) is 22.8 Å². The molecule has 0 saturated carbocycles. The Hall–Kier alpha value is -4.01. The van der Waals surface area contributed by atoms with Crippen molar-refractivity contribution in [3.05, 3.63) is 70.3 Å². The molecule has 0 radical (unpaired) electrons. The van der Waals surface area contributed by atoms with Crippen LogP contribution in [-0.4, -0.2) is 34.7 Å². The van der Waals surface area contributed by atoms with Gasteiger partial charge in [-0.15, -0.1) is 0 Å². The largest absolute Gasteiger partial charge is 0.351 e. The van der Waals surface area contributed by atoms with Crippen molar-refractivity contribution in [2.75, 3.05) is 10.2 Å². The maximum absolute atomic E-state index is 13.3. The fourth-order valence-corrected chi connectivity index (χ4v) is 4.61. The van der Waals surface area contributed by atoms with Gasteiger partial charge in [0.15, 0.2) is 0 Å². The molecule has 0 unspecified atom stereocenters. The fraction of sp³-hybridized carbons (Fsp3) is 0.190. The van der Waals surface area contributed by atoms with Crippen LogP contribution in [0, 0.1) is 22.0 Å². The summed E-state index contributed by atoms with van der Waals surface area (Å²) in [6.45, 7) is 0. The van der Waals surface area contributed by atoms with Crippen LogP contribution < -0.4 is 15.5 Å². The molecule has 3 aliphatic rings. The fourth-order valence-electron chi connectivity index (χ4n) is 4.61. The van der Waals surface area contributed by atoms with Crippen LogP contribution in [0.25, 0.3) is 6.08 Å². The predicted molar refractivity (Wildman–Crippen MR) is 107 cm³/mol. The minimum Gasteiger partial charge on any atom is -0.351 e. The van der Waals surface area contributed by atoms with Gasteiger partial charge in [0.25, 0.3) is 5.69 Å². The van der Waals surface area contributed by atoms with Gasteiger partial charge < -0.3 is 10.2 Å². The molecule has 3 aliphatic heterocycles. The van der Waals surface area contributed by atoms with Crippen molar-refractivity contribution in [3.8, 4) is 0 Å². The molecule has 9 nitrogen and oxygen atoms in total. The molecule has 30 heavy (non-hydrogen) atoms. The first kappa shape index (κ1) is 18.0. The van der Waals surface area contributed by atoms with E-state index in [1.165, 1.54) is 24.3 Å². The second-order valence-corrected chi connectivity index (χ2v) is 7.46. The van der Waals surface area contributed by atoms with Crippen molar-refractivity contribution in [3.63, 3.8) is 0 Å². The Morgan fingerprint density at radius 2 is 1.73 bits per heavy atom. The lowest BCUT2D eigenvalue weighted by molar-refractivity contribution is -0.384. The highest BCUT2D eigenvalue weighted by Gasteiger charge is 2.61. The number of hydrogen-bond acceptors (Lipinski definition) is 6. The van der Waals surface area contributed by atoms with Crippen molar-refractivity contribution in [1.82, 2.24) is 5.32 Å². The number of amides is 3. The van der Waals surface area contributed by atoms with E-state index in [4.69, 9.17) is 0 Å². The molecule has 3 heterocycles. The third-order valence-corrected chi connectivity index (χ3v) is 5.87. The number of anilines is 2. The summed E-state index contributed by atoms with van der Waals surface area (Å²) in [5, 5.41) is 15.9. The summed E-state index contributed by atoms with van der Waals surface area (Å²) < 4.78 is 0. The standard InChI is InChI=1S/C21H16N4O5/c26-19-16-15-10-5-11-3-1-2-4-14(11)24(15)18(17(16)20(27)23-19)21(28)22-12-6-8-13(9-7-12)25(29)30/h1-10,15-18H,(H,22,28)(H,23,26,27)/t15-,16+,17-,18-/m1/s1. The summed E-state index contributed by atoms with van der Waals surface area (Å²) in [4.78, 5) is 50.5. The SMILES string of the molecule is O=C1NC(=O)[C@@H]2[C@@H]1[C@H]1C=Cc3ccccc3N1[C@H]2C(=O)Nc1ccc([N+](=O)[O-])cc1. The predicted octanol–water partition coefficient (Wildman–Crippen LogP) is 1.71. The van der Waals surface area contributed by atoms with Crippen LogP contribution in [0.2, 0.25) is 0 Å². The van der Waals surface area contributed by atoms with Crippen LogP contribution in [0.4, 0.5) is 17.1 Å². The van der Waals surface area contributed by atoms with Gasteiger partial charge in [-0.05, 0) is 23.8 Å². The van der Waals surface area contributed by atoms with Crippen LogP contribution in [0.15, 0.2) is 54.6 Å². The summed E-state index contributed by atoms with van der Waals surface area (Å²) in [5.41, 5.74) is 1.96. The monoisotopic (exact) mass is 404 g/mol. The van der Waals surface area contributed by atoms with E-state index in [0.717, 1.165) is 11.3 Å². The first-order chi connectivity index (χ1) is 14.5. The van der Waals surface area contributed by atoms with E-state index in [9.17, 15) is 24.5 Å². The minimum atomic E-state index is -0.896. The highest BCUT2D eigenvalue weighted by atomic mass is 16.6. The van der Waals surface area contributed by atoms with Crippen LogP contribution in [0.1, 0.15) is 5.56 Å². The van der Waals surface area contributed by atoms with Gasteiger partial charge in [0.1, 0.15) is 6.04 Å². The minimum absolute atomic E-state index is 0.0927. The molecular formula is C21H16N4O5. The number of non-ortho nitro benzene ring substituents is 1. The van der Waals surface area contributed by atoms with Gasteiger partial charge in [-0.2, -0.15) is 0 Å². The van der Waals surface area contributed by atoms with Crippen LogP contribution >= 0.6 is 0 Å². The number of para-hydroxylation sites is 1. The van der Waals surface area contributed by atoms with Gasteiger partial charge in [0.2, 0.25) is 17.7 Å². The zero-order valence-corrected chi connectivity index (χ0v) is 15.5. The van der Waals surface area contributed by atoms with E-state index in [1.807, 2.05) is 41.3 Å².